The Balaban J connectivity index is 1.85. The fourth-order valence-corrected chi connectivity index (χ4v) is 1.59. The zero-order chi connectivity index (χ0) is 13.5. The number of para-hydroxylation sites is 1. The van der Waals surface area contributed by atoms with Crippen LogP contribution in [-0.2, 0) is 11.3 Å². The molecule has 0 aliphatic heterocycles. The lowest BCUT2D eigenvalue weighted by Gasteiger charge is -2.09. The number of aromatic hydroxyl groups is 1. The average molecular weight is 258 g/mol. The molecule has 0 spiro atoms. The van der Waals surface area contributed by atoms with Gasteiger partial charge in [-0.1, -0.05) is 36.4 Å². The van der Waals surface area contributed by atoms with Gasteiger partial charge in [0.15, 0.2) is 24.6 Å². The molecule has 0 saturated carbocycles. The first-order valence-corrected chi connectivity index (χ1v) is 5.83. The Kier molecular flexibility index (Phi) is 4.53. The first-order valence-electron chi connectivity index (χ1n) is 5.83. The molecule has 2 aromatic carbocycles. The zero-order valence-electron chi connectivity index (χ0n) is 10.3. The van der Waals surface area contributed by atoms with Crippen molar-refractivity contribution in [3.05, 3.63) is 59.7 Å². The van der Waals surface area contributed by atoms with Crippen molar-refractivity contribution in [3.8, 4) is 11.5 Å². The lowest BCUT2D eigenvalue weighted by Crippen LogP contribution is -2.03. The van der Waals surface area contributed by atoms with Crippen LogP contribution < -0.4 is 4.74 Å². The van der Waals surface area contributed by atoms with Crippen molar-refractivity contribution in [3.63, 3.8) is 0 Å². The van der Waals surface area contributed by atoms with Crippen LogP contribution in [0.5, 0.6) is 11.5 Å². The van der Waals surface area contributed by atoms with Crippen LogP contribution in [0, 0.1) is 0 Å². The van der Waals surface area contributed by atoms with Gasteiger partial charge >= 0.3 is 0 Å². The fourth-order valence-electron chi connectivity index (χ4n) is 1.59. The van der Waals surface area contributed by atoms with E-state index in [9.17, 15) is 9.90 Å². The van der Waals surface area contributed by atoms with Crippen LogP contribution in [0.4, 0.5) is 0 Å². The standard InChI is InChI=1S/C15H14O4/c16-9-13-7-4-8-14(15(13)17)19-11-18-10-12-5-2-1-3-6-12/h1-9,17H,10-11H2. The van der Waals surface area contributed by atoms with Crippen LogP contribution in [0.2, 0.25) is 0 Å². The van der Waals surface area contributed by atoms with Crippen molar-refractivity contribution in [2.75, 3.05) is 6.79 Å². The third kappa shape index (κ3) is 3.56. The SMILES string of the molecule is O=Cc1cccc(OCOCc2ccccc2)c1O. The molecule has 0 fully saturated rings. The smallest absolute Gasteiger partial charge is 0.189 e. The molecule has 4 nitrogen and oxygen atoms in total. The predicted molar refractivity (Wildman–Crippen MR) is 70.2 cm³/mol. The van der Waals surface area contributed by atoms with Gasteiger partial charge in [0.25, 0.3) is 0 Å². The second kappa shape index (κ2) is 6.56. The number of hydrogen-bond donors (Lipinski definition) is 1. The van der Waals surface area contributed by atoms with Gasteiger partial charge in [-0.2, -0.15) is 0 Å². The summed E-state index contributed by atoms with van der Waals surface area (Å²) in [7, 11) is 0. The minimum atomic E-state index is -0.166. The summed E-state index contributed by atoms with van der Waals surface area (Å²) in [6, 6.07) is 14.4. The van der Waals surface area contributed by atoms with Crippen LogP contribution >= 0.6 is 0 Å². The lowest BCUT2D eigenvalue weighted by molar-refractivity contribution is 0.00371. The monoisotopic (exact) mass is 258 g/mol. The number of hydrogen-bond acceptors (Lipinski definition) is 4. The second-order valence-electron chi connectivity index (χ2n) is 3.91. The molecule has 0 amide bonds. The van der Waals surface area contributed by atoms with E-state index in [0.29, 0.717) is 12.9 Å². The summed E-state index contributed by atoms with van der Waals surface area (Å²) in [6.45, 7) is 0.430. The van der Waals surface area contributed by atoms with E-state index in [-0.39, 0.29) is 23.9 Å². The molecular formula is C15H14O4. The maximum absolute atomic E-state index is 10.6. The van der Waals surface area contributed by atoms with Crippen LogP contribution in [0.25, 0.3) is 0 Å². The molecule has 19 heavy (non-hydrogen) atoms. The summed E-state index contributed by atoms with van der Waals surface area (Å²) >= 11 is 0. The molecule has 98 valence electrons. The third-order valence-electron chi connectivity index (χ3n) is 2.57. The van der Waals surface area contributed by atoms with E-state index >= 15 is 0 Å². The summed E-state index contributed by atoms with van der Waals surface area (Å²) in [5.74, 6) is 0.0680. The molecular weight excluding hydrogens is 244 g/mol. The molecule has 4 heteroatoms. The summed E-state index contributed by atoms with van der Waals surface area (Å²) < 4.78 is 10.6. The summed E-state index contributed by atoms with van der Waals surface area (Å²) in [5, 5.41) is 9.69. The highest BCUT2D eigenvalue weighted by molar-refractivity contribution is 5.80. The van der Waals surface area contributed by atoms with Gasteiger partial charge in [0.2, 0.25) is 0 Å². The van der Waals surface area contributed by atoms with E-state index in [1.807, 2.05) is 30.3 Å². The molecule has 0 bridgehead atoms. The Morgan fingerprint density at radius 2 is 1.84 bits per heavy atom. The molecule has 0 radical (unpaired) electrons. The van der Waals surface area contributed by atoms with E-state index in [4.69, 9.17) is 9.47 Å². The lowest BCUT2D eigenvalue weighted by atomic mass is 10.2. The number of carbonyl (C=O) groups is 1. The van der Waals surface area contributed by atoms with Gasteiger partial charge in [0.1, 0.15) is 0 Å². The van der Waals surface area contributed by atoms with Gasteiger partial charge in [-0.05, 0) is 17.7 Å². The number of phenolic OH excluding ortho intramolecular Hbond substituents is 1. The van der Waals surface area contributed by atoms with Gasteiger partial charge < -0.3 is 14.6 Å². The maximum atomic E-state index is 10.6. The second-order valence-corrected chi connectivity index (χ2v) is 3.91. The van der Waals surface area contributed by atoms with Crippen molar-refractivity contribution < 1.29 is 19.4 Å². The van der Waals surface area contributed by atoms with E-state index < -0.39 is 0 Å². The number of aldehydes is 1. The summed E-state index contributed by atoms with van der Waals surface area (Å²) in [4.78, 5) is 10.6. The largest absolute Gasteiger partial charge is 0.504 e. The number of benzene rings is 2. The highest BCUT2D eigenvalue weighted by atomic mass is 16.7. The first kappa shape index (κ1) is 13.1. The highest BCUT2D eigenvalue weighted by Gasteiger charge is 2.06. The van der Waals surface area contributed by atoms with Crippen molar-refractivity contribution in [1.82, 2.24) is 0 Å². The van der Waals surface area contributed by atoms with E-state index in [2.05, 4.69) is 0 Å². The zero-order valence-corrected chi connectivity index (χ0v) is 10.3. The van der Waals surface area contributed by atoms with Crippen molar-refractivity contribution in [2.24, 2.45) is 0 Å². The van der Waals surface area contributed by atoms with Crippen LogP contribution in [0.3, 0.4) is 0 Å². The summed E-state index contributed by atoms with van der Waals surface area (Å²) in [5.41, 5.74) is 1.23. The van der Waals surface area contributed by atoms with Crippen LogP contribution in [-0.4, -0.2) is 18.2 Å². The molecule has 0 unspecified atom stereocenters. The number of rotatable bonds is 6. The molecule has 2 rings (SSSR count). The molecule has 2 aromatic rings. The molecule has 0 atom stereocenters. The Hall–Kier alpha value is -2.33. The van der Waals surface area contributed by atoms with Gasteiger partial charge in [-0.25, -0.2) is 0 Å². The Morgan fingerprint density at radius 3 is 2.58 bits per heavy atom. The molecule has 0 saturated heterocycles. The molecule has 0 aliphatic rings. The Labute approximate surface area is 111 Å². The Bertz CT molecular complexity index is 537. The van der Waals surface area contributed by atoms with Gasteiger partial charge in [0.05, 0.1) is 12.2 Å². The van der Waals surface area contributed by atoms with Crippen molar-refractivity contribution in [1.29, 1.82) is 0 Å². The topological polar surface area (TPSA) is 55.8 Å². The fraction of sp³-hybridized carbons (Fsp3) is 0.133. The third-order valence-corrected chi connectivity index (χ3v) is 2.57. The average Bonchev–Trinajstić information content (AvgIpc) is 2.46. The van der Waals surface area contributed by atoms with Crippen molar-refractivity contribution >= 4 is 6.29 Å². The maximum Gasteiger partial charge on any atom is 0.189 e. The van der Waals surface area contributed by atoms with Crippen LogP contribution in [0.15, 0.2) is 48.5 Å². The van der Waals surface area contributed by atoms with E-state index in [0.717, 1.165) is 5.56 Å². The molecule has 0 heterocycles. The van der Waals surface area contributed by atoms with E-state index in [1.165, 1.54) is 6.07 Å². The minimum absolute atomic E-state index is 0.00473. The highest BCUT2D eigenvalue weighted by Crippen LogP contribution is 2.28. The molecule has 1 N–H and O–H groups in total. The quantitative estimate of drug-likeness (QED) is 0.491. The van der Waals surface area contributed by atoms with Crippen molar-refractivity contribution in [2.45, 2.75) is 6.61 Å². The Morgan fingerprint density at radius 1 is 1.05 bits per heavy atom. The molecule has 0 aliphatic carbocycles. The normalized spacial score (nSPS) is 10.1. The number of carbonyl (C=O) groups excluding carboxylic acids is 1. The van der Waals surface area contributed by atoms with Gasteiger partial charge in [0, 0.05) is 0 Å². The van der Waals surface area contributed by atoms with Crippen LogP contribution in [0.1, 0.15) is 15.9 Å². The molecule has 0 aromatic heterocycles. The van der Waals surface area contributed by atoms with Gasteiger partial charge in [-0.15, -0.1) is 0 Å². The number of phenols is 1. The first-order chi connectivity index (χ1) is 9.31. The predicted octanol–water partition coefficient (Wildman–Crippen LogP) is 2.76. The van der Waals surface area contributed by atoms with Gasteiger partial charge in [-0.3, -0.25) is 4.79 Å². The summed E-state index contributed by atoms with van der Waals surface area (Å²) in [6.07, 6.45) is 0.576. The number of ether oxygens (including phenoxy) is 2. The minimum Gasteiger partial charge on any atom is -0.504 e. The van der Waals surface area contributed by atoms with E-state index in [1.54, 1.807) is 12.1 Å².